The smallest absolute Gasteiger partial charge is 0.352 e. The molecule has 0 aliphatic rings. The molecule has 126 valence electrons. The van der Waals surface area contributed by atoms with Gasteiger partial charge in [-0.3, -0.25) is 29.5 Å². The van der Waals surface area contributed by atoms with E-state index in [1.165, 1.54) is 0 Å². The molecular formula is C11H26N4O5S. The summed E-state index contributed by atoms with van der Waals surface area (Å²) in [4.78, 5) is 11.2. The number of hydrogen-bond donors (Lipinski definition) is 5. The zero-order chi connectivity index (χ0) is 17.1. The summed E-state index contributed by atoms with van der Waals surface area (Å²) >= 11 is 0. The van der Waals surface area contributed by atoms with Crippen molar-refractivity contribution < 1.29 is 21.9 Å². The predicted octanol–water partition coefficient (Wildman–Crippen LogP) is -1.18. The van der Waals surface area contributed by atoms with Crippen LogP contribution in [0.1, 0.15) is 13.3 Å². The average molecular weight is 326 g/mol. The van der Waals surface area contributed by atoms with Crippen molar-refractivity contribution in [3.05, 3.63) is 12.2 Å². The van der Waals surface area contributed by atoms with Crippen LogP contribution in [0, 0.1) is 0 Å². The second-order valence-corrected chi connectivity index (χ2v) is 5.22. The molecule has 0 spiro atoms. The maximum atomic E-state index is 11.2. The number of carbonyl (C=O) groups excluding carboxylic acids is 1. The third-order valence-electron chi connectivity index (χ3n) is 2.66. The Morgan fingerprint density at radius 3 is 1.86 bits per heavy atom. The highest BCUT2D eigenvalue weighted by Gasteiger charge is 2.22. The summed E-state index contributed by atoms with van der Waals surface area (Å²) in [6.07, 6.45) is 0.732. The Bertz CT molecular complexity index is 412. The zero-order valence-electron chi connectivity index (χ0n) is 13.1. The minimum absolute atomic E-state index is 0.104. The Labute approximate surface area is 126 Å². The molecule has 0 aromatic rings. The molecule has 0 rings (SSSR count). The number of carbonyl (C=O) groups is 1. The van der Waals surface area contributed by atoms with Gasteiger partial charge in [0.25, 0.3) is 0 Å². The molecule has 0 aliphatic carbocycles. The predicted molar refractivity (Wildman–Crippen MR) is 80.9 cm³/mol. The molecule has 5 N–H and O–H groups in total. The van der Waals surface area contributed by atoms with Gasteiger partial charge in [0.1, 0.15) is 5.79 Å². The third kappa shape index (κ3) is 11.3. The molecular weight excluding hydrogens is 300 g/mol. The van der Waals surface area contributed by atoms with Gasteiger partial charge in [-0.1, -0.05) is 6.58 Å². The van der Waals surface area contributed by atoms with Crippen LogP contribution in [0.5, 0.6) is 0 Å². The van der Waals surface area contributed by atoms with Crippen LogP contribution in [0.25, 0.3) is 0 Å². The van der Waals surface area contributed by atoms with Crippen LogP contribution in [-0.2, 0) is 19.4 Å². The molecule has 21 heavy (non-hydrogen) atoms. The summed E-state index contributed by atoms with van der Waals surface area (Å²) in [6.45, 7) is 5.84. The van der Waals surface area contributed by atoms with Crippen LogP contribution < -0.4 is 21.3 Å². The fraction of sp³-hybridized carbons (Fsp3) is 0.727. The van der Waals surface area contributed by atoms with Gasteiger partial charge in [-0.2, -0.15) is 8.42 Å². The highest BCUT2D eigenvalue weighted by molar-refractivity contribution is 7.80. The minimum Gasteiger partial charge on any atom is -0.352 e. The lowest BCUT2D eigenvalue weighted by molar-refractivity contribution is -0.117. The van der Waals surface area contributed by atoms with Crippen molar-refractivity contribution in [2.45, 2.75) is 19.1 Å². The Hall–Kier alpha value is -1.04. The molecule has 9 nitrogen and oxygen atoms in total. The number of hydrogen-bond acceptors (Lipinski definition) is 7. The van der Waals surface area contributed by atoms with E-state index in [1.54, 1.807) is 6.92 Å². The van der Waals surface area contributed by atoms with E-state index in [-0.39, 0.29) is 11.7 Å². The lowest BCUT2D eigenvalue weighted by atomic mass is 10.2. The van der Waals surface area contributed by atoms with E-state index in [4.69, 9.17) is 4.55 Å². The Balaban J connectivity index is 0. The van der Waals surface area contributed by atoms with Crippen molar-refractivity contribution in [2.24, 2.45) is 0 Å². The van der Waals surface area contributed by atoms with Crippen LogP contribution >= 0.6 is 0 Å². The van der Waals surface area contributed by atoms with Crippen molar-refractivity contribution in [1.82, 2.24) is 21.3 Å². The molecule has 0 fully saturated rings. The van der Waals surface area contributed by atoms with E-state index in [2.05, 4.69) is 32.0 Å². The second-order valence-electron chi connectivity index (χ2n) is 4.04. The molecule has 10 heteroatoms. The Morgan fingerprint density at radius 2 is 1.62 bits per heavy atom. The molecule has 1 amide bonds. The normalized spacial score (nSPS) is 11.3. The van der Waals surface area contributed by atoms with E-state index in [0.29, 0.717) is 12.1 Å². The quantitative estimate of drug-likeness (QED) is 0.214. The monoisotopic (exact) mass is 326 g/mol. The minimum atomic E-state index is -4.16. The first-order valence-electron chi connectivity index (χ1n) is 6.11. The first-order valence-corrected chi connectivity index (χ1v) is 7.47. The molecule has 0 aliphatic heterocycles. The maximum absolute atomic E-state index is 11.2. The molecule has 0 saturated heterocycles. The fourth-order valence-electron chi connectivity index (χ4n) is 1.26. The van der Waals surface area contributed by atoms with E-state index in [1.807, 2.05) is 21.1 Å². The molecule has 0 unspecified atom stereocenters. The first kappa shape index (κ1) is 22.2. The van der Waals surface area contributed by atoms with E-state index in [0.717, 1.165) is 13.5 Å². The number of rotatable bonds is 8. The van der Waals surface area contributed by atoms with Gasteiger partial charge >= 0.3 is 10.4 Å². The van der Waals surface area contributed by atoms with Crippen LogP contribution in [0.3, 0.4) is 0 Å². The molecule has 0 radical (unpaired) electrons. The van der Waals surface area contributed by atoms with Gasteiger partial charge in [0.2, 0.25) is 5.91 Å². The van der Waals surface area contributed by atoms with Crippen LogP contribution in [0.4, 0.5) is 0 Å². The summed E-state index contributed by atoms with van der Waals surface area (Å²) in [5, 5.41) is 12.1. The van der Waals surface area contributed by atoms with Crippen molar-refractivity contribution in [3.8, 4) is 0 Å². The largest absolute Gasteiger partial charge is 0.397 e. The Kier molecular flexibility index (Phi) is 11.3. The molecule has 0 aromatic carbocycles. The zero-order valence-corrected chi connectivity index (χ0v) is 13.9. The van der Waals surface area contributed by atoms with Gasteiger partial charge < -0.3 is 5.32 Å². The lowest BCUT2D eigenvalue weighted by Gasteiger charge is -2.33. The Morgan fingerprint density at radius 1 is 1.24 bits per heavy atom. The van der Waals surface area contributed by atoms with Gasteiger partial charge in [0, 0.05) is 18.5 Å². The number of nitrogens with one attached hydrogen (secondary N) is 4. The summed E-state index contributed by atoms with van der Waals surface area (Å²) < 4.78 is 29.7. The van der Waals surface area contributed by atoms with Crippen molar-refractivity contribution in [3.63, 3.8) is 0 Å². The molecule has 0 bridgehead atoms. The van der Waals surface area contributed by atoms with Crippen molar-refractivity contribution >= 4 is 16.3 Å². The third-order valence-corrected chi connectivity index (χ3v) is 3.09. The molecule has 0 heterocycles. The van der Waals surface area contributed by atoms with Gasteiger partial charge in [0.05, 0.1) is 7.11 Å². The van der Waals surface area contributed by atoms with E-state index in [9.17, 15) is 13.2 Å². The standard InChI is InChI=1S/C10H22N4O.CH4O4S/c1-8(2)9(15)14-7-6-10(11-3,12-4)13-5;1-5-6(2,3)4/h11-13H,1,6-7H2,2-5H3,(H,14,15);1H3,(H,2,3,4). The summed E-state index contributed by atoms with van der Waals surface area (Å²) in [5.74, 6) is -0.449. The average Bonchev–Trinajstić information content (AvgIpc) is 2.43. The van der Waals surface area contributed by atoms with E-state index >= 15 is 0 Å². The number of amides is 1. The van der Waals surface area contributed by atoms with Gasteiger partial charge in [-0.15, -0.1) is 0 Å². The van der Waals surface area contributed by atoms with Gasteiger partial charge in [-0.25, -0.2) is 0 Å². The molecule has 0 atom stereocenters. The maximum Gasteiger partial charge on any atom is 0.397 e. The van der Waals surface area contributed by atoms with Gasteiger partial charge in [0.15, 0.2) is 0 Å². The van der Waals surface area contributed by atoms with E-state index < -0.39 is 10.4 Å². The second kappa shape index (κ2) is 10.7. The first-order chi connectivity index (χ1) is 9.57. The topological polar surface area (TPSA) is 129 Å². The molecule has 0 saturated carbocycles. The summed E-state index contributed by atoms with van der Waals surface area (Å²) in [7, 11) is 2.27. The summed E-state index contributed by atoms with van der Waals surface area (Å²) in [5.41, 5.74) is 0.527. The summed E-state index contributed by atoms with van der Waals surface area (Å²) in [6, 6.07) is 0. The molecule has 0 aromatic heterocycles. The van der Waals surface area contributed by atoms with Crippen LogP contribution in [0.2, 0.25) is 0 Å². The van der Waals surface area contributed by atoms with Gasteiger partial charge in [-0.05, 0) is 28.1 Å². The van der Waals surface area contributed by atoms with Crippen molar-refractivity contribution in [1.29, 1.82) is 0 Å². The fourth-order valence-corrected chi connectivity index (χ4v) is 1.26. The highest BCUT2D eigenvalue weighted by atomic mass is 32.3. The lowest BCUT2D eigenvalue weighted by Crippen LogP contribution is -2.64. The van der Waals surface area contributed by atoms with Crippen LogP contribution in [0.15, 0.2) is 12.2 Å². The SMILES string of the molecule is C=C(C)C(=O)NCCC(NC)(NC)NC.COS(=O)(=O)O. The van der Waals surface area contributed by atoms with Crippen LogP contribution in [-0.4, -0.2) is 59.5 Å². The highest BCUT2D eigenvalue weighted by Crippen LogP contribution is 1.98. The van der Waals surface area contributed by atoms with Crippen molar-refractivity contribution in [2.75, 3.05) is 34.8 Å².